The van der Waals surface area contributed by atoms with Gasteiger partial charge in [0.25, 0.3) is 0 Å². The van der Waals surface area contributed by atoms with Gasteiger partial charge in [-0.15, -0.1) is 0 Å². The highest BCUT2D eigenvalue weighted by molar-refractivity contribution is 5.90. The standard InChI is InChI=1S/C12H16N2O3/c1-7(5-11(14)15)9-4-3-8(6-10(9)13)12(16)17-2/h3-4,6-7H,5,13H2,1-2H3,(H2,14,15). The lowest BCUT2D eigenvalue weighted by Crippen LogP contribution is -2.14. The molecule has 17 heavy (non-hydrogen) atoms. The average molecular weight is 236 g/mol. The van der Waals surface area contributed by atoms with Crippen molar-refractivity contribution in [1.29, 1.82) is 0 Å². The number of benzene rings is 1. The number of ether oxygens (including phenoxy) is 1. The summed E-state index contributed by atoms with van der Waals surface area (Å²) in [5, 5.41) is 0. The average Bonchev–Trinajstić information content (AvgIpc) is 2.26. The first-order valence-electron chi connectivity index (χ1n) is 5.21. The van der Waals surface area contributed by atoms with Gasteiger partial charge in [-0.3, -0.25) is 4.79 Å². The van der Waals surface area contributed by atoms with Crippen LogP contribution >= 0.6 is 0 Å². The van der Waals surface area contributed by atoms with Crippen LogP contribution in [0.2, 0.25) is 0 Å². The molecule has 0 spiro atoms. The number of carbonyl (C=O) groups is 2. The number of nitrogen functional groups attached to an aromatic ring is 1. The third kappa shape index (κ3) is 3.21. The number of nitrogens with two attached hydrogens (primary N) is 2. The molecular weight excluding hydrogens is 220 g/mol. The van der Waals surface area contributed by atoms with Gasteiger partial charge in [-0.05, 0) is 23.6 Å². The number of hydrogen-bond donors (Lipinski definition) is 2. The number of amides is 1. The number of rotatable bonds is 4. The molecule has 1 aromatic carbocycles. The molecule has 0 radical (unpaired) electrons. The van der Waals surface area contributed by atoms with Crippen molar-refractivity contribution in [1.82, 2.24) is 0 Å². The fourth-order valence-electron chi connectivity index (χ4n) is 1.68. The molecule has 0 bridgehead atoms. The van der Waals surface area contributed by atoms with Gasteiger partial charge in [-0.25, -0.2) is 4.79 Å². The summed E-state index contributed by atoms with van der Waals surface area (Å²) in [6.45, 7) is 1.86. The lowest BCUT2D eigenvalue weighted by molar-refractivity contribution is -0.118. The monoisotopic (exact) mass is 236 g/mol. The molecule has 1 amide bonds. The van der Waals surface area contributed by atoms with Crippen LogP contribution in [0.15, 0.2) is 18.2 Å². The molecule has 0 aliphatic rings. The number of carbonyl (C=O) groups excluding carboxylic acids is 2. The molecular formula is C12H16N2O3. The number of anilines is 1. The van der Waals surface area contributed by atoms with Crippen molar-refractivity contribution in [3.05, 3.63) is 29.3 Å². The maximum atomic E-state index is 11.3. The van der Waals surface area contributed by atoms with Crippen LogP contribution in [-0.2, 0) is 9.53 Å². The summed E-state index contributed by atoms with van der Waals surface area (Å²) in [4.78, 5) is 22.1. The molecule has 0 heterocycles. The van der Waals surface area contributed by atoms with Gasteiger partial charge in [0.05, 0.1) is 12.7 Å². The van der Waals surface area contributed by atoms with Crippen molar-refractivity contribution in [2.45, 2.75) is 19.3 Å². The number of esters is 1. The molecule has 0 aliphatic heterocycles. The van der Waals surface area contributed by atoms with Crippen molar-refractivity contribution in [3.8, 4) is 0 Å². The summed E-state index contributed by atoms with van der Waals surface area (Å²) in [7, 11) is 1.31. The quantitative estimate of drug-likeness (QED) is 0.603. The molecule has 0 aromatic heterocycles. The molecule has 4 N–H and O–H groups in total. The summed E-state index contributed by atoms with van der Waals surface area (Å²) in [6, 6.07) is 4.88. The Morgan fingerprint density at radius 3 is 2.53 bits per heavy atom. The molecule has 0 fully saturated rings. The first kappa shape index (κ1) is 13.0. The van der Waals surface area contributed by atoms with E-state index >= 15 is 0 Å². The third-order valence-electron chi connectivity index (χ3n) is 2.55. The topological polar surface area (TPSA) is 95.4 Å². The summed E-state index contributed by atoms with van der Waals surface area (Å²) < 4.78 is 4.59. The molecule has 1 rings (SSSR count). The molecule has 0 saturated heterocycles. The van der Waals surface area contributed by atoms with Crippen LogP contribution in [0.4, 0.5) is 5.69 Å². The van der Waals surface area contributed by atoms with E-state index in [1.807, 2.05) is 6.92 Å². The summed E-state index contributed by atoms with van der Waals surface area (Å²) in [6.07, 6.45) is 0.224. The molecule has 5 heteroatoms. The Bertz CT molecular complexity index is 443. The molecule has 0 aliphatic carbocycles. The van der Waals surface area contributed by atoms with Crippen LogP contribution in [0, 0.1) is 0 Å². The Morgan fingerprint density at radius 2 is 2.06 bits per heavy atom. The van der Waals surface area contributed by atoms with Crippen LogP contribution < -0.4 is 11.5 Å². The predicted octanol–water partition coefficient (Wildman–Crippen LogP) is 1.03. The normalized spacial score (nSPS) is 11.9. The van der Waals surface area contributed by atoms with Crippen LogP contribution in [0.1, 0.15) is 35.2 Å². The lowest BCUT2D eigenvalue weighted by Gasteiger charge is -2.13. The fraction of sp³-hybridized carbons (Fsp3) is 0.333. The number of primary amides is 1. The van der Waals surface area contributed by atoms with E-state index in [4.69, 9.17) is 11.5 Å². The van der Waals surface area contributed by atoms with Crippen molar-refractivity contribution in [2.24, 2.45) is 5.73 Å². The molecule has 1 atom stereocenters. The van der Waals surface area contributed by atoms with Crippen molar-refractivity contribution >= 4 is 17.6 Å². The summed E-state index contributed by atoms with van der Waals surface area (Å²) in [5.41, 5.74) is 12.6. The van der Waals surface area contributed by atoms with Gasteiger partial charge in [-0.1, -0.05) is 13.0 Å². The molecule has 0 saturated carbocycles. The van der Waals surface area contributed by atoms with Gasteiger partial charge < -0.3 is 16.2 Å². The maximum absolute atomic E-state index is 11.3. The van der Waals surface area contributed by atoms with E-state index in [9.17, 15) is 9.59 Å². The minimum atomic E-state index is -0.439. The van der Waals surface area contributed by atoms with Gasteiger partial charge in [0.2, 0.25) is 5.91 Å². The molecule has 5 nitrogen and oxygen atoms in total. The predicted molar refractivity (Wildman–Crippen MR) is 64.4 cm³/mol. The van der Waals surface area contributed by atoms with E-state index in [-0.39, 0.29) is 18.2 Å². The van der Waals surface area contributed by atoms with Crippen molar-refractivity contribution in [2.75, 3.05) is 12.8 Å². The van der Waals surface area contributed by atoms with Gasteiger partial charge in [0.1, 0.15) is 0 Å². The van der Waals surface area contributed by atoms with Gasteiger partial charge in [0, 0.05) is 12.1 Å². The highest BCUT2D eigenvalue weighted by Crippen LogP contribution is 2.25. The second kappa shape index (κ2) is 5.34. The maximum Gasteiger partial charge on any atom is 0.337 e. The van der Waals surface area contributed by atoms with E-state index in [1.54, 1.807) is 18.2 Å². The van der Waals surface area contributed by atoms with E-state index in [0.29, 0.717) is 11.3 Å². The van der Waals surface area contributed by atoms with Crippen molar-refractivity contribution < 1.29 is 14.3 Å². The van der Waals surface area contributed by atoms with Crippen LogP contribution in [0.5, 0.6) is 0 Å². The zero-order chi connectivity index (χ0) is 13.0. The Labute approximate surface area is 99.7 Å². The molecule has 1 unspecified atom stereocenters. The number of hydrogen-bond acceptors (Lipinski definition) is 4. The molecule has 92 valence electrons. The molecule has 1 aromatic rings. The summed E-state index contributed by atoms with van der Waals surface area (Å²) >= 11 is 0. The first-order chi connectivity index (χ1) is 7.95. The Kier molecular flexibility index (Phi) is 4.09. The SMILES string of the molecule is COC(=O)c1ccc(C(C)CC(N)=O)c(N)c1. The Morgan fingerprint density at radius 1 is 1.41 bits per heavy atom. The van der Waals surface area contributed by atoms with E-state index in [2.05, 4.69) is 4.74 Å². The fourth-order valence-corrected chi connectivity index (χ4v) is 1.68. The van der Waals surface area contributed by atoms with Gasteiger partial charge in [-0.2, -0.15) is 0 Å². The Balaban J connectivity index is 2.97. The Hall–Kier alpha value is -2.04. The lowest BCUT2D eigenvalue weighted by atomic mass is 9.95. The number of methoxy groups -OCH3 is 1. The zero-order valence-corrected chi connectivity index (χ0v) is 9.90. The van der Waals surface area contributed by atoms with Crippen LogP contribution in [0.3, 0.4) is 0 Å². The second-order valence-corrected chi connectivity index (χ2v) is 3.91. The van der Waals surface area contributed by atoms with E-state index in [1.165, 1.54) is 7.11 Å². The van der Waals surface area contributed by atoms with E-state index < -0.39 is 5.97 Å². The zero-order valence-electron chi connectivity index (χ0n) is 9.90. The van der Waals surface area contributed by atoms with Gasteiger partial charge >= 0.3 is 5.97 Å². The van der Waals surface area contributed by atoms with Crippen molar-refractivity contribution in [3.63, 3.8) is 0 Å². The van der Waals surface area contributed by atoms with Gasteiger partial charge in [0.15, 0.2) is 0 Å². The summed E-state index contributed by atoms with van der Waals surface area (Å²) in [5.74, 6) is -0.890. The largest absolute Gasteiger partial charge is 0.465 e. The highest BCUT2D eigenvalue weighted by atomic mass is 16.5. The second-order valence-electron chi connectivity index (χ2n) is 3.91. The van der Waals surface area contributed by atoms with Crippen LogP contribution in [-0.4, -0.2) is 19.0 Å². The minimum absolute atomic E-state index is 0.0702. The van der Waals surface area contributed by atoms with E-state index in [0.717, 1.165) is 5.56 Å². The van der Waals surface area contributed by atoms with Crippen LogP contribution in [0.25, 0.3) is 0 Å². The first-order valence-corrected chi connectivity index (χ1v) is 5.21. The third-order valence-corrected chi connectivity index (χ3v) is 2.55. The minimum Gasteiger partial charge on any atom is -0.465 e. The highest BCUT2D eigenvalue weighted by Gasteiger charge is 2.14. The smallest absolute Gasteiger partial charge is 0.337 e.